The van der Waals surface area contributed by atoms with Crippen molar-refractivity contribution < 1.29 is 0 Å². The highest BCUT2D eigenvalue weighted by Gasteiger charge is 2.20. The van der Waals surface area contributed by atoms with Crippen molar-refractivity contribution in [2.45, 2.75) is 0 Å². The van der Waals surface area contributed by atoms with Gasteiger partial charge in [0.1, 0.15) is 0 Å². The van der Waals surface area contributed by atoms with Crippen molar-refractivity contribution in [1.82, 2.24) is 4.57 Å². The van der Waals surface area contributed by atoms with Crippen LogP contribution in [0, 0.1) is 0 Å². The zero-order valence-electron chi connectivity index (χ0n) is 29.5. The lowest BCUT2D eigenvalue weighted by atomic mass is 9.97. The fraction of sp³-hybridized carbons (Fsp3) is 0. The molecule has 0 radical (unpaired) electrons. The topological polar surface area (TPSA) is 8.17 Å². The van der Waals surface area contributed by atoms with Gasteiger partial charge in [-0.25, -0.2) is 0 Å². The number of hydrogen-bond acceptors (Lipinski definition) is 1. The Balaban J connectivity index is 1.16. The molecule has 0 aliphatic rings. The third-order valence-corrected chi connectivity index (χ3v) is 11.1. The Morgan fingerprint density at radius 3 is 1.80 bits per heavy atom. The molecule has 0 atom stereocenters. The van der Waals surface area contributed by atoms with E-state index in [4.69, 9.17) is 0 Å². The maximum absolute atomic E-state index is 2.45. The van der Waals surface area contributed by atoms with Gasteiger partial charge in [0.25, 0.3) is 0 Å². The first kappa shape index (κ1) is 30.5. The highest BCUT2D eigenvalue weighted by molar-refractivity contribution is 6.22. The Labute approximate surface area is 313 Å². The molecule has 2 heteroatoms. The minimum Gasteiger partial charge on any atom is -0.310 e. The lowest BCUT2D eigenvalue weighted by molar-refractivity contribution is 1.19. The van der Waals surface area contributed by atoms with Crippen LogP contribution in [0.15, 0.2) is 206 Å². The monoisotopic (exact) mass is 686 g/mol. The normalized spacial score (nSPS) is 11.7. The molecule has 0 N–H and O–H groups in total. The predicted octanol–water partition coefficient (Wildman–Crippen LogP) is 14.5. The summed E-state index contributed by atoms with van der Waals surface area (Å²) < 4.78 is 2.45. The van der Waals surface area contributed by atoms with Gasteiger partial charge in [0.05, 0.1) is 16.7 Å². The predicted molar refractivity (Wildman–Crippen MR) is 231 cm³/mol. The molecular formula is C52H34N2. The van der Waals surface area contributed by atoms with Crippen LogP contribution < -0.4 is 4.90 Å². The second kappa shape index (κ2) is 12.2. The lowest BCUT2D eigenvalue weighted by Gasteiger charge is -2.28. The lowest BCUT2D eigenvalue weighted by Crippen LogP contribution is -2.10. The maximum atomic E-state index is 2.45. The number of anilines is 3. The van der Waals surface area contributed by atoms with Crippen LogP contribution in [0.2, 0.25) is 0 Å². The minimum atomic E-state index is 1.11. The summed E-state index contributed by atoms with van der Waals surface area (Å²) in [5.41, 5.74) is 9.36. The molecule has 0 fully saturated rings. The molecule has 1 aromatic heterocycles. The second-order valence-corrected chi connectivity index (χ2v) is 14.1. The zero-order valence-corrected chi connectivity index (χ0v) is 29.5. The van der Waals surface area contributed by atoms with Crippen LogP contribution in [0.1, 0.15) is 0 Å². The SMILES string of the molecule is c1ccc(-n2c3cccc(-c4cccc(N(c5ccc6c(ccc7ccccc76)c5)c5cccc6ccccc56)c4)c3c3ccc4ccccc4c32)cc1. The van der Waals surface area contributed by atoms with Gasteiger partial charge in [0, 0.05) is 38.6 Å². The molecule has 0 bridgehead atoms. The average Bonchev–Trinajstić information content (AvgIpc) is 3.59. The van der Waals surface area contributed by atoms with Gasteiger partial charge in [-0.15, -0.1) is 0 Å². The smallest absolute Gasteiger partial charge is 0.0619 e. The molecule has 0 amide bonds. The molecule has 0 aliphatic carbocycles. The van der Waals surface area contributed by atoms with Crippen LogP contribution >= 0.6 is 0 Å². The Morgan fingerprint density at radius 2 is 0.944 bits per heavy atom. The zero-order chi connectivity index (χ0) is 35.6. The van der Waals surface area contributed by atoms with Gasteiger partial charge >= 0.3 is 0 Å². The molecular weight excluding hydrogens is 653 g/mol. The summed E-state index contributed by atoms with van der Waals surface area (Å²) in [6.45, 7) is 0. The number of para-hydroxylation sites is 1. The van der Waals surface area contributed by atoms with E-state index in [1.807, 2.05) is 0 Å². The van der Waals surface area contributed by atoms with Crippen LogP contribution in [-0.4, -0.2) is 4.57 Å². The molecule has 11 aromatic rings. The molecule has 0 spiro atoms. The molecule has 0 aliphatic heterocycles. The van der Waals surface area contributed by atoms with E-state index < -0.39 is 0 Å². The van der Waals surface area contributed by atoms with E-state index in [1.54, 1.807) is 0 Å². The summed E-state index contributed by atoms with van der Waals surface area (Å²) in [6.07, 6.45) is 0. The van der Waals surface area contributed by atoms with Gasteiger partial charge in [-0.1, -0.05) is 158 Å². The van der Waals surface area contributed by atoms with Crippen LogP contribution in [0.5, 0.6) is 0 Å². The first-order valence-corrected chi connectivity index (χ1v) is 18.6. The fourth-order valence-corrected chi connectivity index (χ4v) is 8.70. The summed E-state index contributed by atoms with van der Waals surface area (Å²) in [5.74, 6) is 0. The average molecular weight is 687 g/mol. The number of hydrogen-bond donors (Lipinski definition) is 0. The summed E-state index contributed by atoms with van der Waals surface area (Å²) in [7, 11) is 0. The largest absolute Gasteiger partial charge is 0.310 e. The van der Waals surface area contributed by atoms with Crippen molar-refractivity contribution in [3.8, 4) is 16.8 Å². The van der Waals surface area contributed by atoms with Gasteiger partial charge in [0.15, 0.2) is 0 Å². The fourth-order valence-electron chi connectivity index (χ4n) is 8.70. The third kappa shape index (κ3) is 4.74. The molecule has 11 rings (SSSR count). The standard InChI is InChI=1S/C52H34N2/c1-2-18-40(19-3-1)54-50-26-12-24-46(51(50)48-31-29-37-15-6-9-23-47(37)52(48)54)38-17-10-20-41(33-38)53(49-25-11-16-35-13-5-8-22-45(35)49)42-30-32-44-39(34-42)28-27-36-14-4-7-21-43(36)44/h1-34H. The van der Waals surface area contributed by atoms with E-state index in [0.717, 1.165) is 22.7 Å². The number of nitrogens with zero attached hydrogens (tertiary/aromatic N) is 2. The van der Waals surface area contributed by atoms with Crippen LogP contribution in [-0.2, 0) is 0 Å². The first-order valence-electron chi connectivity index (χ1n) is 18.6. The van der Waals surface area contributed by atoms with E-state index in [1.165, 1.54) is 76.0 Å². The van der Waals surface area contributed by atoms with E-state index in [9.17, 15) is 0 Å². The Hall–Kier alpha value is -7.16. The molecule has 0 saturated heterocycles. The quantitative estimate of drug-likeness (QED) is 0.164. The van der Waals surface area contributed by atoms with Gasteiger partial charge in [-0.05, 0) is 92.0 Å². The summed E-state index contributed by atoms with van der Waals surface area (Å²) in [6, 6.07) is 75.3. The Bertz CT molecular complexity index is 3220. The number of rotatable bonds is 5. The number of fused-ring (bicyclic) bond motifs is 9. The Morgan fingerprint density at radius 1 is 0.352 bits per heavy atom. The molecule has 2 nitrogen and oxygen atoms in total. The van der Waals surface area contributed by atoms with Gasteiger partial charge in [0.2, 0.25) is 0 Å². The number of aromatic nitrogens is 1. The van der Waals surface area contributed by atoms with Gasteiger partial charge < -0.3 is 9.47 Å². The molecule has 10 aromatic carbocycles. The van der Waals surface area contributed by atoms with E-state index in [-0.39, 0.29) is 0 Å². The Kier molecular flexibility index (Phi) is 6.90. The molecule has 54 heavy (non-hydrogen) atoms. The minimum absolute atomic E-state index is 1.11. The highest BCUT2D eigenvalue weighted by Crippen LogP contribution is 2.45. The summed E-state index contributed by atoms with van der Waals surface area (Å²) in [4.78, 5) is 2.43. The van der Waals surface area contributed by atoms with Crippen LogP contribution in [0.3, 0.4) is 0 Å². The third-order valence-electron chi connectivity index (χ3n) is 11.1. The molecule has 252 valence electrons. The molecule has 0 saturated carbocycles. The first-order chi connectivity index (χ1) is 26.8. The van der Waals surface area contributed by atoms with Crippen molar-refractivity contribution >= 4 is 82.0 Å². The molecule has 1 heterocycles. The van der Waals surface area contributed by atoms with Gasteiger partial charge in [-0.3, -0.25) is 0 Å². The van der Waals surface area contributed by atoms with Crippen molar-refractivity contribution in [2.75, 3.05) is 4.90 Å². The van der Waals surface area contributed by atoms with Crippen molar-refractivity contribution in [2.24, 2.45) is 0 Å². The maximum Gasteiger partial charge on any atom is 0.0619 e. The van der Waals surface area contributed by atoms with Crippen molar-refractivity contribution in [1.29, 1.82) is 0 Å². The van der Waals surface area contributed by atoms with Crippen molar-refractivity contribution in [3.63, 3.8) is 0 Å². The van der Waals surface area contributed by atoms with Gasteiger partial charge in [-0.2, -0.15) is 0 Å². The van der Waals surface area contributed by atoms with Crippen LogP contribution in [0.4, 0.5) is 17.1 Å². The number of benzene rings is 10. The highest BCUT2D eigenvalue weighted by atomic mass is 15.1. The van der Waals surface area contributed by atoms with Crippen LogP contribution in [0.25, 0.3) is 81.7 Å². The van der Waals surface area contributed by atoms with E-state index in [2.05, 4.69) is 216 Å². The summed E-state index contributed by atoms with van der Waals surface area (Å²) >= 11 is 0. The van der Waals surface area contributed by atoms with E-state index in [0.29, 0.717) is 0 Å². The molecule has 0 unspecified atom stereocenters. The summed E-state index contributed by atoms with van der Waals surface area (Å²) in [5, 5.41) is 12.4. The second-order valence-electron chi connectivity index (χ2n) is 14.1. The van der Waals surface area contributed by atoms with E-state index >= 15 is 0 Å². The van der Waals surface area contributed by atoms with Crippen molar-refractivity contribution in [3.05, 3.63) is 206 Å².